The quantitative estimate of drug-likeness (QED) is 0.739. The number of hydrogen-bond donors (Lipinski definition) is 2. The normalized spacial score (nSPS) is 51.0. The van der Waals surface area contributed by atoms with Gasteiger partial charge < -0.3 is 19.9 Å². The van der Waals surface area contributed by atoms with Gasteiger partial charge in [0.05, 0.1) is 19.3 Å². The van der Waals surface area contributed by atoms with Crippen LogP contribution in [0, 0.1) is 34.5 Å². The Labute approximate surface area is 161 Å². The number of rotatable bonds is 1. The Morgan fingerprint density at radius 1 is 1.19 bits per heavy atom. The lowest BCUT2D eigenvalue weighted by atomic mass is 9.48. The molecule has 150 valence electrons. The smallest absolute Gasteiger partial charge is 0.224 e. The molecule has 5 heteroatoms. The zero-order valence-electron chi connectivity index (χ0n) is 16.8. The fourth-order valence-corrected chi connectivity index (χ4v) is 7.92. The van der Waals surface area contributed by atoms with Crippen LogP contribution < -0.4 is 5.32 Å². The molecule has 0 spiro atoms. The number of allylic oxidation sites excluding steroid dienone is 2. The summed E-state index contributed by atoms with van der Waals surface area (Å²) in [6, 6.07) is 0. The van der Waals surface area contributed by atoms with Gasteiger partial charge in [0, 0.05) is 23.5 Å². The van der Waals surface area contributed by atoms with Crippen molar-refractivity contribution in [3.8, 4) is 0 Å². The van der Waals surface area contributed by atoms with Crippen molar-refractivity contribution in [1.82, 2.24) is 5.32 Å². The van der Waals surface area contributed by atoms with Crippen LogP contribution in [-0.4, -0.2) is 36.1 Å². The molecule has 4 fully saturated rings. The average molecular weight is 376 g/mol. The van der Waals surface area contributed by atoms with E-state index in [0.29, 0.717) is 37.4 Å². The fourth-order valence-electron chi connectivity index (χ4n) is 7.92. The van der Waals surface area contributed by atoms with E-state index < -0.39 is 5.79 Å². The van der Waals surface area contributed by atoms with Crippen molar-refractivity contribution in [1.29, 1.82) is 0 Å². The van der Waals surface area contributed by atoms with Gasteiger partial charge in [0.15, 0.2) is 5.79 Å². The van der Waals surface area contributed by atoms with E-state index in [0.717, 1.165) is 31.4 Å². The molecule has 0 aromatic rings. The number of fused-ring (bicyclic) bond motifs is 5. The Morgan fingerprint density at radius 3 is 2.67 bits per heavy atom. The summed E-state index contributed by atoms with van der Waals surface area (Å²) in [7, 11) is 0. The van der Waals surface area contributed by atoms with Crippen molar-refractivity contribution in [3.63, 3.8) is 0 Å². The summed E-state index contributed by atoms with van der Waals surface area (Å²) < 4.78 is 12.1. The standard InChI is InChI=1S/C22H33NO4/c1-20-9-8-18(25)23-17(20)7-4-13-14-5-6-16(22(3)26-10-11-27-22)21(14,2)12-15(24)19(13)20/h7,13-16,19,24H,4-6,8-12H2,1-3H3,(H,23,25)/t13?,14?,15?,16-,19?,20-,21-/m0/s1. The molecule has 0 bridgehead atoms. The van der Waals surface area contributed by atoms with Gasteiger partial charge in [-0.2, -0.15) is 0 Å². The van der Waals surface area contributed by atoms with Gasteiger partial charge in [0.1, 0.15) is 0 Å². The first kappa shape index (κ1) is 18.1. The molecule has 3 aliphatic carbocycles. The molecule has 2 N–H and O–H groups in total. The van der Waals surface area contributed by atoms with Crippen LogP contribution in [0.25, 0.3) is 0 Å². The van der Waals surface area contributed by atoms with Gasteiger partial charge in [-0.1, -0.05) is 19.9 Å². The maximum atomic E-state index is 11.9. The molecule has 5 nitrogen and oxygen atoms in total. The molecule has 2 heterocycles. The van der Waals surface area contributed by atoms with Crippen LogP contribution in [-0.2, 0) is 14.3 Å². The maximum absolute atomic E-state index is 11.9. The second-order valence-corrected chi connectivity index (χ2v) is 10.2. The van der Waals surface area contributed by atoms with Crippen LogP contribution >= 0.6 is 0 Å². The van der Waals surface area contributed by atoms with E-state index in [4.69, 9.17) is 9.47 Å². The second-order valence-electron chi connectivity index (χ2n) is 10.2. The Kier molecular flexibility index (Phi) is 3.90. The van der Waals surface area contributed by atoms with Crippen molar-refractivity contribution in [2.45, 2.75) is 71.2 Å². The number of carbonyl (C=O) groups is 1. The highest BCUT2D eigenvalue weighted by molar-refractivity contribution is 5.79. The highest BCUT2D eigenvalue weighted by atomic mass is 16.7. The zero-order valence-corrected chi connectivity index (χ0v) is 16.8. The van der Waals surface area contributed by atoms with Gasteiger partial charge in [-0.15, -0.1) is 0 Å². The van der Waals surface area contributed by atoms with Crippen LogP contribution in [0.1, 0.15) is 59.3 Å². The minimum Gasteiger partial charge on any atom is -0.393 e. The molecule has 4 unspecified atom stereocenters. The first-order chi connectivity index (χ1) is 12.8. The molecule has 27 heavy (non-hydrogen) atoms. The SMILES string of the molecule is CC1([C@H]2CCC3C4CC=C5NC(=O)CC[C@]5(C)C4C(O)C[C@@]32C)OCCO1. The van der Waals surface area contributed by atoms with Crippen molar-refractivity contribution >= 4 is 5.91 Å². The third-order valence-electron chi connectivity index (χ3n) is 9.04. The van der Waals surface area contributed by atoms with Gasteiger partial charge in [-0.25, -0.2) is 0 Å². The van der Waals surface area contributed by atoms with Crippen molar-refractivity contribution in [2.24, 2.45) is 34.5 Å². The van der Waals surface area contributed by atoms with E-state index in [-0.39, 0.29) is 28.8 Å². The Balaban J connectivity index is 1.50. The number of amides is 1. The second kappa shape index (κ2) is 5.80. The number of piperidine rings is 1. The molecular weight excluding hydrogens is 342 g/mol. The van der Waals surface area contributed by atoms with E-state index in [2.05, 4.69) is 32.2 Å². The Morgan fingerprint density at radius 2 is 1.93 bits per heavy atom. The number of carbonyl (C=O) groups excluding carboxylic acids is 1. The molecule has 2 aliphatic heterocycles. The van der Waals surface area contributed by atoms with Gasteiger partial charge in [0.2, 0.25) is 5.91 Å². The first-order valence-electron chi connectivity index (χ1n) is 10.7. The molecule has 2 saturated carbocycles. The molecule has 2 saturated heterocycles. The molecule has 0 aromatic carbocycles. The average Bonchev–Trinajstić information content (AvgIpc) is 3.19. The number of ether oxygens (including phenoxy) is 2. The summed E-state index contributed by atoms with van der Waals surface area (Å²) in [6.07, 6.45) is 7.38. The number of hydrogen-bond acceptors (Lipinski definition) is 4. The van der Waals surface area contributed by atoms with Gasteiger partial charge in [-0.3, -0.25) is 4.79 Å². The largest absolute Gasteiger partial charge is 0.393 e. The summed E-state index contributed by atoms with van der Waals surface area (Å²) in [5.74, 6) is 1.22. The monoisotopic (exact) mass is 375 g/mol. The molecular formula is C22H33NO4. The van der Waals surface area contributed by atoms with Crippen molar-refractivity contribution < 1.29 is 19.4 Å². The summed E-state index contributed by atoms with van der Waals surface area (Å²) in [5.41, 5.74) is 0.991. The third kappa shape index (κ3) is 2.37. The topological polar surface area (TPSA) is 67.8 Å². The van der Waals surface area contributed by atoms with E-state index in [9.17, 15) is 9.90 Å². The predicted molar refractivity (Wildman–Crippen MR) is 100 cm³/mol. The number of aliphatic hydroxyl groups is 1. The summed E-state index contributed by atoms with van der Waals surface area (Å²) in [5, 5.41) is 14.5. The molecule has 0 aromatic heterocycles. The molecule has 5 rings (SSSR count). The van der Waals surface area contributed by atoms with Crippen LogP contribution in [0.3, 0.4) is 0 Å². The van der Waals surface area contributed by atoms with Crippen LogP contribution in [0.15, 0.2) is 11.8 Å². The third-order valence-corrected chi connectivity index (χ3v) is 9.04. The summed E-state index contributed by atoms with van der Waals surface area (Å²) in [4.78, 5) is 11.9. The summed E-state index contributed by atoms with van der Waals surface area (Å²) >= 11 is 0. The molecule has 5 aliphatic rings. The lowest BCUT2D eigenvalue weighted by molar-refractivity contribution is -0.223. The minimum absolute atomic E-state index is 0.0410. The van der Waals surface area contributed by atoms with Crippen LogP contribution in [0.5, 0.6) is 0 Å². The lowest BCUT2D eigenvalue weighted by Crippen LogP contribution is -2.59. The Hall–Kier alpha value is -0.910. The van der Waals surface area contributed by atoms with Gasteiger partial charge >= 0.3 is 0 Å². The van der Waals surface area contributed by atoms with Gasteiger partial charge in [-0.05, 0) is 62.2 Å². The molecule has 1 amide bonds. The highest BCUT2D eigenvalue weighted by Crippen LogP contribution is 2.67. The minimum atomic E-state index is -0.506. The first-order valence-corrected chi connectivity index (χ1v) is 10.7. The van der Waals surface area contributed by atoms with Crippen molar-refractivity contribution in [2.75, 3.05) is 13.2 Å². The molecule has 0 radical (unpaired) electrons. The van der Waals surface area contributed by atoms with E-state index in [1.807, 2.05) is 0 Å². The summed E-state index contributed by atoms with van der Waals surface area (Å²) in [6.45, 7) is 8.08. The van der Waals surface area contributed by atoms with E-state index >= 15 is 0 Å². The van der Waals surface area contributed by atoms with Crippen LogP contribution in [0.2, 0.25) is 0 Å². The van der Waals surface area contributed by atoms with E-state index in [1.165, 1.54) is 6.42 Å². The van der Waals surface area contributed by atoms with Gasteiger partial charge in [0.25, 0.3) is 0 Å². The highest BCUT2D eigenvalue weighted by Gasteiger charge is 2.65. The molecule has 7 atom stereocenters. The van der Waals surface area contributed by atoms with Crippen LogP contribution in [0.4, 0.5) is 0 Å². The number of aliphatic hydroxyl groups excluding tert-OH is 1. The maximum Gasteiger partial charge on any atom is 0.224 e. The Bertz CT molecular complexity index is 684. The van der Waals surface area contributed by atoms with Crippen molar-refractivity contribution in [3.05, 3.63) is 11.8 Å². The van der Waals surface area contributed by atoms with E-state index in [1.54, 1.807) is 0 Å². The number of nitrogens with one attached hydrogen (secondary N) is 1. The lowest BCUT2D eigenvalue weighted by Gasteiger charge is -2.59. The fraction of sp³-hybridized carbons (Fsp3) is 0.864. The predicted octanol–water partition coefficient (Wildman–Crippen LogP) is 2.98. The zero-order chi connectivity index (χ0) is 19.0.